The first-order valence-electron chi connectivity index (χ1n) is 6.41. The molecule has 1 aliphatic rings. The Kier molecular flexibility index (Phi) is 4.13. The van der Waals surface area contributed by atoms with Gasteiger partial charge in [0.1, 0.15) is 6.04 Å². The molecule has 19 heavy (non-hydrogen) atoms. The Morgan fingerprint density at radius 1 is 1.53 bits per heavy atom. The molecule has 0 radical (unpaired) electrons. The number of hydrogen-bond donors (Lipinski definition) is 0. The van der Waals surface area contributed by atoms with Gasteiger partial charge in [-0.1, -0.05) is 6.07 Å². The van der Waals surface area contributed by atoms with Crippen LogP contribution in [0.1, 0.15) is 19.0 Å². The maximum absolute atomic E-state index is 12.4. The summed E-state index contributed by atoms with van der Waals surface area (Å²) in [6, 6.07) is 7.59. The fourth-order valence-electron chi connectivity index (χ4n) is 2.47. The Bertz CT molecular complexity index is 482. The van der Waals surface area contributed by atoms with Gasteiger partial charge in [0.2, 0.25) is 5.91 Å². The number of carbonyl (C=O) groups excluding carboxylic acids is 1. The summed E-state index contributed by atoms with van der Waals surface area (Å²) in [6.07, 6.45) is 1.97. The van der Waals surface area contributed by atoms with Crippen LogP contribution in [0.2, 0.25) is 0 Å². The number of carbonyl (C=O) groups is 1. The molecule has 1 fully saturated rings. The number of amides is 1. The summed E-state index contributed by atoms with van der Waals surface area (Å²) in [5, 5.41) is 8.84. The van der Waals surface area contributed by atoms with Crippen LogP contribution in [-0.4, -0.2) is 46.4 Å². The van der Waals surface area contributed by atoms with Crippen molar-refractivity contribution in [3.8, 4) is 6.07 Å². The molecule has 0 aromatic carbocycles. The Morgan fingerprint density at radius 3 is 2.95 bits per heavy atom. The van der Waals surface area contributed by atoms with E-state index in [1.165, 1.54) is 0 Å². The molecular weight excluding hydrogens is 240 g/mol. The zero-order valence-corrected chi connectivity index (χ0v) is 11.3. The third-order valence-corrected chi connectivity index (χ3v) is 3.53. The second-order valence-corrected chi connectivity index (χ2v) is 4.95. The van der Waals surface area contributed by atoms with Gasteiger partial charge in [0.25, 0.3) is 0 Å². The van der Waals surface area contributed by atoms with Crippen LogP contribution in [0.15, 0.2) is 24.4 Å². The van der Waals surface area contributed by atoms with Crippen molar-refractivity contribution < 1.29 is 4.79 Å². The average Bonchev–Trinajstić information content (AvgIpc) is 2.41. The minimum atomic E-state index is -0.329. The summed E-state index contributed by atoms with van der Waals surface area (Å²) in [7, 11) is 1.90. The minimum absolute atomic E-state index is 0.0217. The molecule has 0 bridgehead atoms. The third-order valence-electron chi connectivity index (χ3n) is 3.53. The number of hydrogen-bond acceptors (Lipinski definition) is 4. The van der Waals surface area contributed by atoms with E-state index in [0.29, 0.717) is 6.54 Å². The second kappa shape index (κ2) is 5.81. The van der Waals surface area contributed by atoms with Crippen molar-refractivity contribution >= 4 is 5.91 Å². The first kappa shape index (κ1) is 13.5. The second-order valence-electron chi connectivity index (χ2n) is 4.95. The smallest absolute Gasteiger partial charge is 0.241 e. The van der Waals surface area contributed by atoms with Gasteiger partial charge in [-0.15, -0.1) is 0 Å². The number of pyridine rings is 1. The molecule has 1 saturated heterocycles. The summed E-state index contributed by atoms with van der Waals surface area (Å²) < 4.78 is 0. The van der Waals surface area contributed by atoms with Crippen LogP contribution >= 0.6 is 0 Å². The number of piperazine rings is 1. The zero-order chi connectivity index (χ0) is 13.8. The first-order chi connectivity index (χ1) is 9.13. The molecule has 1 aliphatic heterocycles. The number of likely N-dealkylation sites (N-methyl/N-ethyl adjacent to an activating group) is 1. The van der Waals surface area contributed by atoms with Crippen molar-refractivity contribution in [2.75, 3.05) is 13.6 Å². The summed E-state index contributed by atoms with van der Waals surface area (Å²) >= 11 is 0. The van der Waals surface area contributed by atoms with Gasteiger partial charge in [-0.3, -0.25) is 14.7 Å². The van der Waals surface area contributed by atoms with Crippen molar-refractivity contribution in [2.45, 2.75) is 32.0 Å². The van der Waals surface area contributed by atoms with Gasteiger partial charge in [0.15, 0.2) is 0 Å². The van der Waals surface area contributed by atoms with Crippen molar-refractivity contribution in [3.05, 3.63) is 30.1 Å². The predicted octanol–water partition coefficient (Wildman–Crippen LogP) is 1.03. The normalized spacial score (nSPS) is 24.3. The van der Waals surface area contributed by atoms with E-state index in [4.69, 9.17) is 5.26 Å². The minimum Gasteiger partial charge on any atom is -0.331 e. The molecule has 0 aliphatic carbocycles. The van der Waals surface area contributed by atoms with Crippen molar-refractivity contribution in [1.82, 2.24) is 14.8 Å². The van der Waals surface area contributed by atoms with Crippen LogP contribution < -0.4 is 0 Å². The lowest BCUT2D eigenvalue weighted by Crippen LogP contribution is -2.59. The topological polar surface area (TPSA) is 60.2 Å². The van der Waals surface area contributed by atoms with E-state index in [0.717, 1.165) is 12.2 Å². The zero-order valence-electron chi connectivity index (χ0n) is 11.3. The number of aromatic nitrogens is 1. The average molecular weight is 258 g/mol. The van der Waals surface area contributed by atoms with Crippen molar-refractivity contribution in [3.63, 3.8) is 0 Å². The molecule has 0 saturated carbocycles. The van der Waals surface area contributed by atoms with Gasteiger partial charge < -0.3 is 4.90 Å². The quantitative estimate of drug-likeness (QED) is 0.812. The maximum Gasteiger partial charge on any atom is 0.241 e. The molecular formula is C14H18N4O. The standard InChI is InChI=1S/C14H18N4O/c1-11-9-17(2)13(6-7-15)14(19)18(11)10-12-5-3-4-8-16-12/h3-5,8,11,13H,6,9-10H2,1-2H3. The van der Waals surface area contributed by atoms with Crippen molar-refractivity contribution in [2.24, 2.45) is 0 Å². The summed E-state index contributed by atoms with van der Waals surface area (Å²) in [4.78, 5) is 20.5. The molecule has 2 rings (SSSR count). The number of nitrogens with zero attached hydrogens (tertiary/aromatic N) is 4. The molecule has 1 aromatic rings. The highest BCUT2D eigenvalue weighted by Gasteiger charge is 2.36. The lowest BCUT2D eigenvalue weighted by Gasteiger charge is -2.42. The maximum atomic E-state index is 12.4. The summed E-state index contributed by atoms with van der Waals surface area (Å²) in [6.45, 7) is 3.32. The van der Waals surface area contributed by atoms with Gasteiger partial charge in [-0.2, -0.15) is 5.26 Å². The third kappa shape index (κ3) is 2.91. The lowest BCUT2D eigenvalue weighted by molar-refractivity contribution is -0.145. The molecule has 2 atom stereocenters. The lowest BCUT2D eigenvalue weighted by atomic mass is 10.0. The van der Waals surface area contributed by atoms with E-state index in [9.17, 15) is 4.79 Å². The highest BCUT2D eigenvalue weighted by molar-refractivity contribution is 5.83. The number of nitriles is 1. The molecule has 5 nitrogen and oxygen atoms in total. The molecule has 5 heteroatoms. The number of rotatable bonds is 3. The van der Waals surface area contributed by atoms with E-state index >= 15 is 0 Å². The van der Waals surface area contributed by atoms with Crippen molar-refractivity contribution in [1.29, 1.82) is 5.26 Å². The van der Waals surface area contributed by atoms with Gasteiger partial charge in [0, 0.05) is 18.8 Å². The highest BCUT2D eigenvalue weighted by atomic mass is 16.2. The van der Waals surface area contributed by atoms with Crippen LogP contribution in [-0.2, 0) is 11.3 Å². The Morgan fingerprint density at radius 2 is 2.32 bits per heavy atom. The van der Waals surface area contributed by atoms with Crippen LogP contribution in [0.4, 0.5) is 0 Å². The Labute approximate surface area is 113 Å². The van der Waals surface area contributed by atoms with Crippen LogP contribution in [0.3, 0.4) is 0 Å². The fraction of sp³-hybridized carbons (Fsp3) is 0.500. The van der Waals surface area contributed by atoms with Gasteiger partial charge >= 0.3 is 0 Å². The SMILES string of the molecule is CC1CN(C)C(CC#N)C(=O)N1Cc1ccccn1. The van der Waals surface area contributed by atoms with E-state index in [2.05, 4.69) is 11.1 Å². The molecule has 0 spiro atoms. The summed E-state index contributed by atoms with van der Waals surface area (Å²) in [5.41, 5.74) is 0.878. The molecule has 2 unspecified atom stereocenters. The molecule has 1 aromatic heterocycles. The van der Waals surface area contributed by atoms with Crippen LogP contribution in [0.25, 0.3) is 0 Å². The van der Waals surface area contributed by atoms with E-state index in [1.807, 2.05) is 42.0 Å². The summed E-state index contributed by atoms with van der Waals surface area (Å²) in [5.74, 6) is 0.0217. The Balaban J connectivity index is 2.15. The first-order valence-corrected chi connectivity index (χ1v) is 6.41. The molecule has 0 N–H and O–H groups in total. The van der Waals surface area contributed by atoms with E-state index in [-0.39, 0.29) is 24.4 Å². The van der Waals surface area contributed by atoms with E-state index in [1.54, 1.807) is 6.20 Å². The van der Waals surface area contributed by atoms with Crippen LogP contribution in [0, 0.1) is 11.3 Å². The van der Waals surface area contributed by atoms with Gasteiger partial charge in [-0.25, -0.2) is 0 Å². The van der Waals surface area contributed by atoms with Crippen LogP contribution in [0.5, 0.6) is 0 Å². The molecule has 2 heterocycles. The largest absolute Gasteiger partial charge is 0.331 e. The molecule has 1 amide bonds. The fourth-order valence-corrected chi connectivity index (χ4v) is 2.47. The van der Waals surface area contributed by atoms with Gasteiger partial charge in [-0.05, 0) is 26.1 Å². The highest BCUT2D eigenvalue weighted by Crippen LogP contribution is 2.19. The Hall–Kier alpha value is -1.93. The predicted molar refractivity (Wildman–Crippen MR) is 70.9 cm³/mol. The molecule has 100 valence electrons. The van der Waals surface area contributed by atoms with E-state index < -0.39 is 0 Å². The monoisotopic (exact) mass is 258 g/mol. The van der Waals surface area contributed by atoms with Gasteiger partial charge in [0.05, 0.1) is 24.7 Å².